The first-order chi connectivity index (χ1) is 9.02. The van der Waals surface area contributed by atoms with Crippen LogP contribution >= 0.6 is 0 Å². The molecule has 3 N–H and O–H groups in total. The molecule has 1 saturated carbocycles. The Morgan fingerprint density at radius 3 is 2.21 bits per heavy atom. The highest BCUT2D eigenvalue weighted by atomic mass is 16.5. The molecule has 0 bridgehead atoms. The van der Waals surface area contributed by atoms with Crippen LogP contribution in [-0.4, -0.2) is 18.8 Å². The van der Waals surface area contributed by atoms with Gasteiger partial charge in [-0.15, -0.1) is 0 Å². The molecule has 106 valence electrons. The number of hydrogen-bond donors (Lipinski definition) is 2. The summed E-state index contributed by atoms with van der Waals surface area (Å²) in [5, 5.41) is 0. The minimum atomic E-state index is -0.0709. The molecule has 2 rings (SSSR count). The lowest BCUT2D eigenvalue weighted by atomic mass is 9.72. The number of benzene rings is 1. The lowest BCUT2D eigenvalue weighted by Crippen LogP contribution is -2.59. The molecule has 0 aromatic heterocycles. The summed E-state index contributed by atoms with van der Waals surface area (Å²) in [7, 11) is 1.80. The van der Waals surface area contributed by atoms with Crippen molar-refractivity contribution in [2.24, 2.45) is 5.84 Å². The topological polar surface area (TPSA) is 47.3 Å². The van der Waals surface area contributed by atoms with E-state index in [0.29, 0.717) is 0 Å². The van der Waals surface area contributed by atoms with Crippen molar-refractivity contribution in [2.45, 2.75) is 58.1 Å². The fourth-order valence-corrected chi connectivity index (χ4v) is 3.35. The van der Waals surface area contributed by atoms with Gasteiger partial charge in [0.25, 0.3) is 0 Å². The molecule has 1 aliphatic rings. The van der Waals surface area contributed by atoms with Crippen molar-refractivity contribution < 1.29 is 4.74 Å². The van der Waals surface area contributed by atoms with Crippen LogP contribution in [0.2, 0.25) is 0 Å². The average Bonchev–Trinajstić information content (AvgIpc) is 2.30. The van der Waals surface area contributed by atoms with Crippen LogP contribution in [0.3, 0.4) is 0 Å². The average molecular weight is 262 g/mol. The number of hydrogen-bond acceptors (Lipinski definition) is 3. The summed E-state index contributed by atoms with van der Waals surface area (Å²) in [5.74, 6) is 5.79. The van der Waals surface area contributed by atoms with E-state index in [9.17, 15) is 0 Å². The van der Waals surface area contributed by atoms with Gasteiger partial charge in [-0.2, -0.15) is 0 Å². The molecular weight excluding hydrogens is 236 g/mol. The molecule has 1 atom stereocenters. The number of methoxy groups -OCH3 is 1. The van der Waals surface area contributed by atoms with E-state index in [0.717, 1.165) is 19.3 Å². The Labute approximate surface area is 116 Å². The van der Waals surface area contributed by atoms with E-state index in [1.54, 1.807) is 7.11 Å². The van der Waals surface area contributed by atoms with Crippen LogP contribution in [0.1, 0.15) is 41.5 Å². The van der Waals surface area contributed by atoms with Crippen molar-refractivity contribution in [2.75, 3.05) is 7.11 Å². The lowest BCUT2D eigenvalue weighted by molar-refractivity contribution is -0.0982. The van der Waals surface area contributed by atoms with Crippen molar-refractivity contribution in [1.29, 1.82) is 0 Å². The molecule has 1 fully saturated rings. The van der Waals surface area contributed by atoms with Gasteiger partial charge in [0.15, 0.2) is 0 Å². The third-order valence-corrected chi connectivity index (χ3v) is 4.69. The van der Waals surface area contributed by atoms with Crippen LogP contribution in [0, 0.1) is 20.8 Å². The second-order valence-electron chi connectivity index (χ2n) is 5.92. The highest BCUT2D eigenvalue weighted by Crippen LogP contribution is 2.39. The van der Waals surface area contributed by atoms with E-state index in [2.05, 4.69) is 38.3 Å². The monoisotopic (exact) mass is 262 g/mol. The van der Waals surface area contributed by atoms with Crippen LogP contribution in [0.4, 0.5) is 0 Å². The molecule has 1 aromatic carbocycles. The summed E-state index contributed by atoms with van der Waals surface area (Å²) < 4.78 is 5.76. The first-order valence-corrected chi connectivity index (χ1v) is 7.10. The smallest absolute Gasteiger partial charge is 0.0847 e. The number of nitrogens with two attached hydrogens (primary N) is 1. The Bertz CT molecular complexity index is 424. The SMILES string of the molecule is COC1(C(Cc2c(C)cc(C)cc2C)NN)CCC1. The minimum Gasteiger partial charge on any atom is -0.377 e. The molecule has 0 heterocycles. The molecule has 19 heavy (non-hydrogen) atoms. The number of nitrogens with one attached hydrogen (secondary N) is 1. The quantitative estimate of drug-likeness (QED) is 0.633. The third kappa shape index (κ3) is 2.69. The first kappa shape index (κ1) is 14.5. The standard InChI is InChI=1S/C16H26N2O/c1-11-8-12(2)14(13(3)9-11)10-15(18-17)16(19-4)6-5-7-16/h8-9,15,18H,5-7,10,17H2,1-4H3. The molecular formula is C16H26N2O. The van der Waals surface area contributed by atoms with Crippen LogP contribution in [-0.2, 0) is 11.2 Å². The molecule has 3 nitrogen and oxygen atoms in total. The highest BCUT2D eigenvalue weighted by molar-refractivity contribution is 5.38. The van der Waals surface area contributed by atoms with Gasteiger partial charge in [-0.25, -0.2) is 0 Å². The summed E-state index contributed by atoms with van der Waals surface area (Å²) in [4.78, 5) is 0. The summed E-state index contributed by atoms with van der Waals surface area (Å²) in [6, 6.07) is 4.68. The molecule has 0 saturated heterocycles. The minimum absolute atomic E-state index is 0.0709. The zero-order chi connectivity index (χ0) is 14.0. The summed E-state index contributed by atoms with van der Waals surface area (Å²) in [6.45, 7) is 6.51. The fraction of sp³-hybridized carbons (Fsp3) is 0.625. The van der Waals surface area contributed by atoms with E-state index < -0.39 is 0 Å². The van der Waals surface area contributed by atoms with Crippen molar-refractivity contribution in [1.82, 2.24) is 5.43 Å². The predicted octanol–water partition coefficient (Wildman–Crippen LogP) is 2.56. The van der Waals surface area contributed by atoms with Gasteiger partial charge in [0, 0.05) is 7.11 Å². The van der Waals surface area contributed by atoms with E-state index in [1.807, 2.05) is 0 Å². The van der Waals surface area contributed by atoms with Crippen molar-refractivity contribution in [3.05, 3.63) is 34.4 Å². The zero-order valence-corrected chi connectivity index (χ0v) is 12.5. The van der Waals surface area contributed by atoms with Gasteiger partial charge >= 0.3 is 0 Å². The van der Waals surface area contributed by atoms with Crippen LogP contribution < -0.4 is 11.3 Å². The zero-order valence-electron chi connectivity index (χ0n) is 12.5. The van der Waals surface area contributed by atoms with E-state index in [1.165, 1.54) is 28.7 Å². The van der Waals surface area contributed by atoms with Crippen molar-refractivity contribution in [3.8, 4) is 0 Å². The number of rotatable bonds is 5. The Morgan fingerprint density at radius 2 is 1.84 bits per heavy atom. The van der Waals surface area contributed by atoms with Crippen LogP contribution in [0.25, 0.3) is 0 Å². The largest absolute Gasteiger partial charge is 0.377 e. The molecule has 1 unspecified atom stereocenters. The van der Waals surface area contributed by atoms with Crippen LogP contribution in [0.5, 0.6) is 0 Å². The van der Waals surface area contributed by atoms with Gasteiger partial charge < -0.3 is 4.74 Å². The summed E-state index contributed by atoms with van der Waals surface area (Å²) in [6.07, 6.45) is 4.37. The number of hydrazine groups is 1. The van der Waals surface area contributed by atoms with E-state index in [4.69, 9.17) is 10.6 Å². The van der Waals surface area contributed by atoms with Crippen molar-refractivity contribution in [3.63, 3.8) is 0 Å². The second-order valence-corrected chi connectivity index (χ2v) is 5.92. The summed E-state index contributed by atoms with van der Waals surface area (Å²) >= 11 is 0. The maximum atomic E-state index is 5.79. The van der Waals surface area contributed by atoms with Gasteiger partial charge in [-0.3, -0.25) is 11.3 Å². The summed E-state index contributed by atoms with van der Waals surface area (Å²) in [5.41, 5.74) is 8.34. The Balaban J connectivity index is 2.24. The van der Waals surface area contributed by atoms with E-state index in [-0.39, 0.29) is 11.6 Å². The Kier molecular flexibility index (Phi) is 4.29. The van der Waals surface area contributed by atoms with Crippen LogP contribution in [0.15, 0.2) is 12.1 Å². The third-order valence-electron chi connectivity index (χ3n) is 4.69. The second kappa shape index (κ2) is 5.61. The molecule has 0 radical (unpaired) electrons. The molecule has 3 heteroatoms. The first-order valence-electron chi connectivity index (χ1n) is 7.10. The van der Waals surface area contributed by atoms with Crippen molar-refractivity contribution >= 4 is 0 Å². The number of aryl methyl sites for hydroxylation is 3. The lowest BCUT2D eigenvalue weighted by Gasteiger charge is -2.46. The maximum absolute atomic E-state index is 5.79. The van der Waals surface area contributed by atoms with E-state index >= 15 is 0 Å². The highest BCUT2D eigenvalue weighted by Gasteiger charge is 2.44. The van der Waals surface area contributed by atoms with Gasteiger partial charge in [-0.1, -0.05) is 17.7 Å². The Hall–Kier alpha value is -0.900. The van der Waals surface area contributed by atoms with Gasteiger partial charge in [0.05, 0.1) is 11.6 Å². The molecule has 0 aliphatic heterocycles. The molecule has 0 spiro atoms. The predicted molar refractivity (Wildman–Crippen MR) is 79.1 cm³/mol. The number of ether oxygens (including phenoxy) is 1. The van der Waals surface area contributed by atoms with Gasteiger partial charge in [0.2, 0.25) is 0 Å². The Morgan fingerprint density at radius 1 is 1.26 bits per heavy atom. The molecule has 1 aromatic rings. The maximum Gasteiger partial charge on any atom is 0.0847 e. The fourth-order valence-electron chi connectivity index (χ4n) is 3.35. The molecule has 0 amide bonds. The van der Waals surface area contributed by atoms with Gasteiger partial charge in [-0.05, 0) is 63.1 Å². The van der Waals surface area contributed by atoms with Gasteiger partial charge in [0.1, 0.15) is 0 Å². The normalized spacial score (nSPS) is 19.0. The molecule has 1 aliphatic carbocycles.